The van der Waals surface area contributed by atoms with E-state index in [1.165, 1.54) is 0 Å². The Kier molecular flexibility index (Phi) is 5.61. The molecule has 2 saturated heterocycles. The Hall–Kier alpha value is -1.32. The van der Waals surface area contributed by atoms with Crippen LogP contribution in [0.4, 0.5) is 5.82 Å². The summed E-state index contributed by atoms with van der Waals surface area (Å²) in [6.07, 6.45) is 4.76. The lowest BCUT2D eigenvalue weighted by Gasteiger charge is -2.34. The van der Waals surface area contributed by atoms with Crippen LogP contribution in [0.1, 0.15) is 44.8 Å². The third-order valence-electron chi connectivity index (χ3n) is 6.02. The summed E-state index contributed by atoms with van der Waals surface area (Å²) in [7, 11) is 1.63. The third-order valence-corrected chi connectivity index (χ3v) is 6.02. The number of hydrogen-bond acceptors (Lipinski definition) is 8. The van der Waals surface area contributed by atoms with Crippen LogP contribution < -0.4 is 15.8 Å². The summed E-state index contributed by atoms with van der Waals surface area (Å²) in [5.74, 6) is 1.29. The van der Waals surface area contributed by atoms with E-state index in [1.807, 2.05) is 6.07 Å². The van der Waals surface area contributed by atoms with Crippen molar-refractivity contribution in [2.45, 2.75) is 69.6 Å². The molecule has 3 heterocycles. The number of anilines is 1. The van der Waals surface area contributed by atoms with E-state index in [-0.39, 0.29) is 18.2 Å². The molecule has 1 aliphatic carbocycles. The van der Waals surface area contributed by atoms with Gasteiger partial charge in [-0.25, -0.2) is 15.4 Å². The third kappa shape index (κ3) is 3.95. The SMILES string of the molecule is CO[C@H]1CN(c2cc(C3NNC4CCC(OC(C)C)CC43)ncn2)C[C@@H]1O. The monoisotopic (exact) mass is 377 g/mol. The standard InChI is InChI=1S/C19H31N5O3/c1-11(2)27-12-4-5-14-13(6-12)19(23-22-14)15-7-18(21-10-20-15)24-8-16(25)17(9-24)26-3/h7,10-14,16-17,19,22-23,25H,4-6,8-9H2,1-3H3/t12?,13?,14?,16-,17-,19?/m0/s1. The molecule has 1 aromatic heterocycles. The van der Waals surface area contributed by atoms with E-state index in [0.717, 1.165) is 30.8 Å². The van der Waals surface area contributed by atoms with Gasteiger partial charge in [0.1, 0.15) is 18.2 Å². The maximum atomic E-state index is 10.1. The van der Waals surface area contributed by atoms with Crippen molar-refractivity contribution in [1.29, 1.82) is 0 Å². The number of methoxy groups -OCH3 is 1. The summed E-state index contributed by atoms with van der Waals surface area (Å²) in [5.41, 5.74) is 7.89. The first-order valence-electron chi connectivity index (χ1n) is 9.99. The minimum atomic E-state index is -0.489. The molecule has 150 valence electrons. The highest BCUT2D eigenvalue weighted by Crippen LogP contribution is 2.39. The summed E-state index contributed by atoms with van der Waals surface area (Å²) < 4.78 is 11.4. The molecule has 6 atom stereocenters. The largest absolute Gasteiger partial charge is 0.388 e. The first-order chi connectivity index (χ1) is 13.0. The fourth-order valence-electron chi connectivity index (χ4n) is 4.70. The predicted molar refractivity (Wildman–Crippen MR) is 101 cm³/mol. The second-order valence-corrected chi connectivity index (χ2v) is 8.20. The van der Waals surface area contributed by atoms with E-state index in [1.54, 1.807) is 13.4 Å². The van der Waals surface area contributed by atoms with Crippen LogP contribution in [-0.2, 0) is 9.47 Å². The van der Waals surface area contributed by atoms with Crippen molar-refractivity contribution in [3.63, 3.8) is 0 Å². The molecule has 4 rings (SSSR count). The zero-order valence-corrected chi connectivity index (χ0v) is 16.3. The van der Waals surface area contributed by atoms with Gasteiger partial charge in [-0.1, -0.05) is 0 Å². The van der Waals surface area contributed by atoms with Gasteiger partial charge >= 0.3 is 0 Å². The molecule has 0 amide bonds. The van der Waals surface area contributed by atoms with Crippen LogP contribution in [0.3, 0.4) is 0 Å². The van der Waals surface area contributed by atoms with E-state index in [9.17, 15) is 5.11 Å². The van der Waals surface area contributed by atoms with Crippen molar-refractivity contribution in [1.82, 2.24) is 20.8 Å². The average molecular weight is 377 g/mol. The Labute approximate surface area is 160 Å². The predicted octanol–water partition coefficient (Wildman–Crippen LogP) is 0.784. The summed E-state index contributed by atoms with van der Waals surface area (Å²) in [5, 5.41) is 10.1. The number of nitrogens with one attached hydrogen (secondary N) is 2. The van der Waals surface area contributed by atoms with Crippen LogP contribution in [0.15, 0.2) is 12.4 Å². The molecule has 1 saturated carbocycles. The fourth-order valence-corrected chi connectivity index (χ4v) is 4.70. The van der Waals surface area contributed by atoms with E-state index in [2.05, 4.69) is 39.6 Å². The summed E-state index contributed by atoms with van der Waals surface area (Å²) in [6.45, 7) is 5.37. The van der Waals surface area contributed by atoms with Gasteiger partial charge in [-0.15, -0.1) is 0 Å². The molecule has 0 aromatic carbocycles. The van der Waals surface area contributed by atoms with Crippen molar-refractivity contribution >= 4 is 5.82 Å². The number of aliphatic hydroxyl groups is 1. The molecular formula is C19H31N5O3. The first kappa shape index (κ1) is 19.0. The number of aliphatic hydroxyl groups excluding tert-OH is 1. The van der Waals surface area contributed by atoms with Gasteiger partial charge in [0.15, 0.2) is 0 Å². The van der Waals surface area contributed by atoms with Gasteiger partial charge in [-0.05, 0) is 33.1 Å². The summed E-state index contributed by atoms with van der Waals surface area (Å²) >= 11 is 0. The molecule has 4 unspecified atom stereocenters. The highest BCUT2D eigenvalue weighted by atomic mass is 16.5. The van der Waals surface area contributed by atoms with Crippen molar-refractivity contribution in [3.05, 3.63) is 18.1 Å². The molecule has 3 aliphatic rings. The molecule has 3 fully saturated rings. The lowest BCUT2D eigenvalue weighted by Crippen LogP contribution is -2.38. The molecule has 1 aromatic rings. The molecule has 0 spiro atoms. The van der Waals surface area contributed by atoms with Crippen molar-refractivity contribution < 1.29 is 14.6 Å². The average Bonchev–Trinajstić information content (AvgIpc) is 3.24. The van der Waals surface area contributed by atoms with Gasteiger partial charge < -0.3 is 19.5 Å². The number of fused-ring (bicyclic) bond motifs is 1. The van der Waals surface area contributed by atoms with Crippen molar-refractivity contribution in [2.75, 3.05) is 25.1 Å². The Morgan fingerprint density at radius 1 is 1.22 bits per heavy atom. The number of rotatable bonds is 5. The molecule has 27 heavy (non-hydrogen) atoms. The Morgan fingerprint density at radius 3 is 2.81 bits per heavy atom. The topological polar surface area (TPSA) is 91.8 Å². The molecule has 3 N–H and O–H groups in total. The van der Waals surface area contributed by atoms with Crippen LogP contribution in [0.5, 0.6) is 0 Å². The van der Waals surface area contributed by atoms with Crippen LogP contribution in [0.25, 0.3) is 0 Å². The Balaban J connectivity index is 1.48. The van der Waals surface area contributed by atoms with Crippen LogP contribution in [0.2, 0.25) is 0 Å². The lowest BCUT2D eigenvalue weighted by molar-refractivity contribution is -0.0276. The van der Waals surface area contributed by atoms with Crippen molar-refractivity contribution in [3.8, 4) is 0 Å². The van der Waals surface area contributed by atoms with Gasteiger partial charge in [-0.2, -0.15) is 0 Å². The van der Waals surface area contributed by atoms with Gasteiger partial charge in [0, 0.05) is 38.2 Å². The normalized spacial score (nSPS) is 36.4. The van der Waals surface area contributed by atoms with Gasteiger partial charge in [0.05, 0.1) is 30.0 Å². The minimum Gasteiger partial charge on any atom is -0.388 e. The van der Waals surface area contributed by atoms with E-state index in [0.29, 0.717) is 31.2 Å². The molecule has 2 aliphatic heterocycles. The second kappa shape index (κ2) is 7.97. The molecular weight excluding hydrogens is 346 g/mol. The van der Waals surface area contributed by atoms with Crippen LogP contribution in [-0.4, -0.2) is 65.7 Å². The molecule has 8 heteroatoms. The number of hydrogen-bond donors (Lipinski definition) is 3. The zero-order valence-electron chi connectivity index (χ0n) is 16.3. The second-order valence-electron chi connectivity index (χ2n) is 8.20. The maximum Gasteiger partial charge on any atom is 0.132 e. The van der Waals surface area contributed by atoms with E-state index in [4.69, 9.17) is 9.47 Å². The number of hydrazine groups is 1. The first-order valence-corrected chi connectivity index (χ1v) is 9.99. The maximum absolute atomic E-state index is 10.1. The quantitative estimate of drug-likeness (QED) is 0.694. The van der Waals surface area contributed by atoms with Gasteiger partial charge in [0.2, 0.25) is 0 Å². The number of β-amino-alcohol motifs (C(OH)–C–C–N with tert-alkyl or cyclic N) is 1. The fraction of sp³-hybridized carbons (Fsp3) is 0.789. The number of ether oxygens (including phenoxy) is 2. The number of nitrogens with zero attached hydrogens (tertiary/aromatic N) is 3. The summed E-state index contributed by atoms with van der Waals surface area (Å²) in [4.78, 5) is 11.0. The minimum absolute atomic E-state index is 0.140. The highest BCUT2D eigenvalue weighted by molar-refractivity contribution is 5.42. The Bertz CT molecular complexity index is 646. The van der Waals surface area contributed by atoms with Crippen LogP contribution >= 0.6 is 0 Å². The van der Waals surface area contributed by atoms with Crippen molar-refractivity contribution in [2.24, 2.45) is 5.92 Å². The van der Waals surface area contributed by atoms with Crippen LogP contribution in [0, 0.1) is 5.92 Å². The smallest absolute Gasteiger partial charge is 0.132 e. The van der Waals surface area contributed by atoms with Gasteiger partial charge in [-0.3, -0.25) is 5.43 Å². The molecule has 0 radical (unpaired) electrons. The van der Waals surface area contributed by atoms with Gasteiger partial charge in [0.25, 0.3) is 0 Å². The highest BCUT2D eigenvalue weighted by Gasteiger charge is 2.42. The molecule has 8 nitrogen and oxygen atoms in total. The lowest BCUT2D eigenvalue weighted by atomic mass is 9.79. The number of aromatic nitrogens is 2. The Morgan fingerprint density at radius 2 is 2.07 bits per heavy atom. The summed E-state index contributed by atoms with van der Waals surface area (Å²) in [6, 6.07) is 2.63. The van der Waals surface area contributed by atoms with E-state index < -0.39 is 6.10 Å². The zero-order chi connectivity index (χ0) is 19.0. The molecule has 0 bridgehead atoms. The van der Waals surface area contributed by atoms with E-state index >= 15 is 0 Å².